The maximum Gasteiger partial charge on any atom is 0.344 e. The molecule has 0 radical (unpaired) electrons. The third-order valence-electron chi connectivity index (χ3n) is 3.95. The molecule has 116 valence electrons. The lowest BCUT2D eigenvalue weighted by molar-refractivity contribution is -0.158. The maximum absolute atomic E-state index is 14.1. The monoisotopic (exact) mass is 303 g/mol. The molecule has 4 nitrogen and oxygen atoms in total. The van der Waals surface area contributed by atoms with Crippen LogP contribution in [0, 0.1) is 0 Å². The number of benzene rings is 1. The highest BCUT2D eigenvalue weighted by Crippen LogP contribution is 2.34. The Balaban J connectivity index is 1.53. The first-order valence-electron chi connectivity index (χ1n) is 7.52. The molecule has 2 aromatic rings. The fraction of sp³-hybridized carbons (Fsp3) is 0.412. The molecule has 1 aromatic carbocycles. The summed E-state index contributed by atoms with van der Waals surface area (Å²) in [4.78, 5) is 16.0. The smallest absolute Gasteiger partial charge is 0.344 e. The number of ether oxygens (including phenoxy) is 2. The third-order valence-corrected chi connectivity index (χ3v) is 3.95. The molecule has 0 spiro atoms. The molecule has 0 atom stereocenters. The van der Waals surface area contributed by atoms with Gasteiger partial charge in [-0.25, -0.2) is 9.18 Å². The molecule has 1 aliphatic carbocycles. The van der Waals surface area contributed by atoms with E-state index >= 15 is 0 Å². The van der Waals surface area contributed by atoms with Gasteiger partial charge in [0, 0.05) is 11.6 Å². The van der Waals surface area contributed by atoms with Gasteiger partial charge in [0.2, 0.25) is 5.67 Å². The van der Waals surface area contributed by atoms with Gasteiger partial charge in [-0.05, 0) is 43.9 Å². The van der Waals surface area contributed by atoms with Crippen molar-refractivity contribution in [1.82, 2.24) is 4.98 Å². The second kappa shape index (κ2) is 6.30. The van der Waals surface area contributed by atoms with Crippen LogP contribution in [0.2, 0.25) is 0 Å². The number of halogens is 1. The van der Waals surface area contributed by atoms with Gasteiger partial charge in [0.25, 0.3) is 0 Å². The molecule has 0 N–H and O–H groups in total. The number of carbonyl (C=O) groups is 1. The highest BCUT2D eigenvalue weighted by molar-refractivity contribution is 5.84. The highest BCUT2D eigenvalue weighted by Gasteiger charge is 2.42. The van der Waals surface area contributed by atoms with Crippen molar-refractivity contribution in [1.29, 1.82) is 0 Å². The van der Waals surface area contributed by atoms with Crippen LogP contribution in [0.25, 0.3) is 10.9 Å². The maximum atomic E-state index is 14.1. The van der Waals surface area contributed by atoms with Gasteiger partial charge in [-0.15, -0.1) is 0 Å². The number of pyridine rings is 1. The van der Waals surface area contributed by atoms with Crippen molar-refractivity contribution in [3.05, 3.63) is 36.5 Å². The molecular weight excluding hydrogens is 285 g/mol. The van der Waals surface area contributed by atoms with E-state index in [1.165, 1.54) is 0 Å². The minimum Gasteiger partial charge on any atom is -0.489 e. The zero-order valence-electron chi connectivity index (χ0n) is 12.3. The number of carbonyl (C=O) groups excluding carboxylic acids is 1. The zero-order chi connectivity index (χ0) is 15.4. The number of para-hydroxylation sites is 1. The summed E-state index contributed by atoms with van der Waals surface area (Å²) >= 11 is 0. The zero-order valence-corrected chi connectivity index (χ0v) is 12.3. The first kappa shape index (κ1) is 14.8. The molecule has 3 rings (SSSR count). The first-order chi connectivity index (χ1) is 10.7. The van der Waals surface area contributed by atoms with Crippen molar-refractivity contribution in [3.63, 3.8) is 0 Å². The van der Waals surface area contributed by atoms with Crippen molar-refractivity contribution in [2.24, 2.45) is 0 Å². The van der Waals surface area contributed by atoms with Crippen LogP contribution < -0.4 is 4.74 Å². The van der Waals surface area contributed by atoms with E-state index in [1.54, 1.807) is 12.3 Å². The molecule has 0 aliphatic heterocycles. The molecule has 1 aliphatic rings. The van der Waals surface area contributed by atoms with E-state index in [2.05, 4.69) is 4.98 Å². The number of rotatable bonds is 5. The van der Waals surface area contributed by atoms with Gasteiger partial charge in [-0.1, -0.05) is 12.1 Å². The molecular formula is C17H18FNO3. The van der Waals surface area contributed by atoms with Crippen LogP contribution in [0.15, 0.2) is 36.5 Å². The summed E-state index contributed by atoms with van der Waals surface area (Å²) in [7, 11) is 0. The first-order valence-corrected chi connectivity index (χ1v) is 7.52. The number of fused-ring (bicyclic) bond motifs is 1. The number of hydrogen-bond donors (Lipinski definition) is 0. The van der Waals surface area contributed by atoms with Gasteiger partial charge in [0.1, 0.15) is 19.0 Å². The van der Waals surface area contributed by atoms with E-state index in [1.807, 2.05) is 24.3 Å². The standard InChI is InChI=1S/C17H18FNO3/c18-17(8-3-4-9-17)16(20)22-12-11-21-15-7-10-19-14-6-2-1-5-13(14)15/h1-2,5-7,10H,3-4,8-9,11-12H2. The normalized spacial score (nSPS) is 16.6. The Labute approximate surface area is 128 Å². The second-order valence-electron chi connectivity index (χ2n) is 5.48. The molecule has 5 heteroatoms. The summed E-state index contributed by atoms with van der Waals surface area (Å²) in [6.45, 7) is 0.233. The second-order valence-corrected chi connectivity index (χ2v) is 5.48. The van der Waals surface area contributed by atoms with Gasteiger partial charge in [-0.3, -0.25) is 4.98 Å². The van der Waals surface area contributed by atoms with Crippen LogP contribution in [-0.2, 0) is 9.53 Å². The quantitative estimate of drug-likeness (QED) is 0.627. The fourth-order valence-electron chi connectivity index (χ4n) is 2.75. The van der Waals surface area contributed by atoms with E-state index in [4.69, 9.17) is 9.47 Å². The number of nitrogens with zero attached hydrogens (tertiary/aromatic N) is 1. The van der Waals surface area contributed by atoms with E-state index < -0.39 is 11.6 Å². The molecule has 0 unspecified atom stereocenters. The predicted octanol–water partition coefficient (Wildman–Crippen LogP) is 3.44. The number of hydrogen-bond acceptors (Lipinski definition) is 4. The Hall–Kier alpha value is -2.17. The van der Waals surface area contributed by atoms with Crippen LogP contribution in [0.1, 0.15) is 25.7 Å². The minimum atomic E-state index is -1.79. The van der Waals surface area contributed by atoms with Gasteiger partial charge in [0.15, 0.2) is 0 Å². The molecule has 1 aromatic heterocycles. The number of aromatic nitrogens is 1. The van der Waals surface area contributed by atoms with Crippen molar-refractivity contribution < 1.29 is 18.7 Å². The SMILES string of the molecule is O=C(OCCOc1ccnc2ccccc12)C1(F)CCCC1. The van der Waals surface area contributed by atoms with Crippen LogP contribution in [0.5, 0.6) is 5.75 Å². The summed E-state index contributed by atoms with van der Waals surface area (Å²) in [5, 5.41) is 0.897. The van der Waals surface area contributed by atoms with Gasteiger partial charge >= 0.3 is 5.97 Å². The summed E-state index contributed by atoms with van der Waals surface area (Å²) in [5.74, 6) is -0.0781. The minimum absolute atomic E-state index is 0.0428. The summed E-state index contributed by atoms with van der Waals surface area (Å²) in [6.07, 6.45) is 3.68. The Morgan fingerprint density at radius 2 is 1.95 bits per heavy atom. The van der Waals surface area contributed by atoms with E-state index in [-0.39, 0.29) is 26.1 Å². The van der Waals surface area contributed by atoms with Gasteiger partial charge in [0.05, 0.1) is 5.52 Å². The molecule has 0 amide bonds. The molecule has 1 saturated carbocycles. The Morgan fingerprint density at radius 3 is 2.77 bits per heavy atom. The van der Waals surface area contributed by atoms with Crippen LogP contribution in [0.4, 0.5) is 4.39 Å². The van der Waals surface area contributed by atoms with Gasteiger partial charge in [-0.2, -0.15) is 0 Å². The molecule has 22 heavy (non-hydrogen) atoms. The van der Waals surface area contributed by atoms with Crippen molar-refractivity contribution in [2.45, 2.75) is 31.4 Å². The molecule has 0 bridgehead atoms. The largest absolute Gasteiger partial charge is 0.489 e. The average Bonchev–Trinajstić information content (AvgIpc) is 2.99. The lowest BCUT2D eigenvalue weighted by Crippen LogP contribution is -2.33. The molecule has 1 fully saturated rings. The van der Waals surface area contributed by atoms with E-state index in [0.717, 1.165) is 23.7 Å². The van der Waals surface area contributed by atoms with E-state index in [0.29, 0.717) is 5.75 Å². The van der Waals surface area contributed by atoms with Crippen LogP contribution >= 0.6 is 0 Å². The Kier molecular flexibility index (Phi) is 4.22. The molecule has 1 heterocycles. The topological polar surface area (TPSA) is 48.4 Å². The van der Waals surface area contributed by atoms with E-state index in [9.17, 15) is 9.18 Å². The Bertz CT molecular complexity index is 663. The average molecular weight is 303 g/mol. The van der Waals surface area contributed by atoms with Crippen molar-refractivity contribution >= 4 is 16.9 Å². The Morgan fingerprint density at radius 1 is 1.18 bits per heavy atom. The highest BCUT2D eigenvalue weighted by atomic mass is 19.1. The lowest BCUT2D eigenvalue weighted by atomic mass is 10.1. The van der Waals surface area contributed by atoms with Crippen molar-refractivity contribution in [2.75, 3.05) is 13.2 Å². The van der Waals surface area contributed by atoms with Crippen molar-refractivity contribution in [3.8, 4) is 5.75 Å². The number of alkyl halides is 1. The summed E-state index contributed by atoms with van der Waals surface area (Å²) in [6, 6.07) is 9.39. The predicted molar refractivity (Wildman–Crippen MR) is 80.5 cm³/mol. The number of esters is 1. The lowest BCUT2D eigenvalue weighted by Gasteiger charge is -2.17. The summed E-state index contributed by atoms with van der Waals surface area (Å²) < 4.78 is 24.8. The van der Waals surface area contributed by atoms with Gasteiger partial charge < -0.3 is 9.47 Å². The third kappa shape index (κ3) is 3.03. The summed E-state index contributed by atoms with van der Waals surface area (Å²) in [5.41, 5.74) is -0.950. The van der Waals surface area contributed by atoms with Crippen LogP contribution in [-0.4, -0.2) is 29.8 Å². The fourth-order valence-corrected chi connectivity index (χ4v) is 2.75. The van der Waals surface area contributed by atoms with Crippen LogP contribution in [0.3, 0.4) is 0 Å². The molecule has 0 saturated heterocycles.